The average Bonchev–Trinajstić information content (AvgIpc) is 3.24. The third-order valence-electron chi connectivity index (χ3n) is 6.59. The van der Waals surface area contributed by atoms with Gasteiger partial charge in [-0.15, -0.1) is 0 Å². The first-order valence-electron chi connectivity index (χ1n) is 11.6. The summed E-state index contributed by atoms with van der Waals surface area (Å²) >= 11 is 0. The molecule has 10 heteroatoms. The number of ether oxygens (including phenoxy) is 2. The van der Waals surface area contributed by atoms with Gasteiger partial charge in [0.15, 0.2) is 0 Å². The minimum Gasteiger partial charge on any atom is -0.457 e. The molecule has 1 atom stereocenters. The number of hydrogen-bond donors (Lipinski definition) is 1. The van der Waals surface area contributed by atoms with Crippen molar-refractivity contribution in [3.8, 4) is 11.4 Å². The fourth-order valence-electron chi connectivity index (χ4n) is 4.76. The third-order valence-corrected chi connectivity index (χ3v) is 6.59. The predicted molar refractivity (Wildman–Crippen MR) is 127 cm³/mol. The van der Waals surface area contributed by atoms with Crippen LogP contribution in [0, 0.1) is 0 Å². The number of fused-ring (bicyclic) bond motifs is 5. The number of nitrogens with zero attached hydrogens (tertiary/aromatic N) is 2. The van der Waals surface area contributed by atoms with Crippen LogP contribution in [0.15, 0.2) is 41.2 Å². The molecule has 1 aromatic carbocycles. The van der Waals surface area contributed by atoms with Crippen molar-refractivity contribution >= 4 is 35.0 Å². The molecule has 184 valence electrons. The van der Waals surface area contributed by atoms with Crippen LogP contribution < -0.4 is 10.9 Å². The molecule has 5 rings (SSSR count). The molecule has 0 unspecified atom stereocenters. The smallest absolute Gasteiger partial charge is 0.355 e. The van der Waals surface area contributed by atoms with Gasteiger partial charge in [0, 0.05) is 29.4 Å². The summed E-state index contributed by atoms with van der Waals surface area (Å²) in [5, 5.41) is 3.32. The van der Waals surface area contributed by atoms with E-state index in [-0.39, 0.29) is 42.6 Å². The van der Waals surface area contributed by atoms with Gasteiger partial charge < -0.3 is 24.2 Å². The fourth-order valence-corrected chi connectivity index (χ4v) is 4.76. The number of carbonyl (C=O) groups is 4. The van der Waals surface area contributed by atoms with E-state index >= 15 is 0 Å². The topological polar surface area (TPSA) is 134 Å². The second-order valence-electron chi connectivity index (χ2n) is 8.71. The van der Waals surface area contributed by atoms with Gasteiger partial charge in [-0.1, -0.05) is 25.1 Å². The Morgan fingerprint density at radius 2 is 2.06 bits per heavy atom. The lowest BCUT2D eigenvalue weighted by molar-refractivity contribution is -0.189. The molecule has 2 aliphatic rings. The van der Waals surface area contributed by atoms with Gasteiger partial charge in [0.25, 0.3) is 5.56 Å². The molecular weight excluding hydrogens is 466 g/mol. The first-order valence-corrected chi connectivity index (χ1v) is 11.6. The number of aldehydes is 1. The highest BCUT2D eigenvalue weighted by atomic mass is 16.6. The minimum atomic E-state index is -1.84. The Labute approximate surface area is 205 Å². The van der Waals surface area contributed by atoms with Gasteiger partial charge in [0.05, 0.1) is 29.0 Å². The van der Waals surface area contributed by atoms with Crippen molar-refractivity contribution in [1.29, 1.82) is 0 Å². The molecule has 0 aliphatic carbocycles. The highest BCUT2D eigenvalue weighted by Crippen LogP contribution is 2.40. The Morgan fingerprint density at radius 1 is 1.25 bits per heavy atom. The first kappa shape index (κ1) is 23.4. The number of aromatic nitrogens is 2. The predicted octanol–water partition coefficient (Wildman–Crippen LogP) is 1.73. The number of cyclic esters (lactones) is 1. The molecule has 1 N–H and O–H groups in total. The van der Waals surface area contributed by atoms with E-state index in [0.717, 1.165) is 16.5 Å². The summed E-state index contributed by atoms with van der Waals surface area (Å²) in [5.74, 6) is -2.15. The molecule has 3 aromatic rings. The zero-order chi connectivity index (χ0) is 25.4. The van der Waals surface area contributed by atoms with Crippen LogP contribution in [0.2, 0.25) is 0 Å². The SMILES string of the molecule is CC[C@@]1(OC(=O)CNC(=O)CCC=O)C(=O)OCc2c1cc1n(c2=O)Cc2cc3ccccc3nc2-1. The summed E-state index contributed by atoms with van der Waals surface area (Å²) in [4.78, 5) is 66.1. The molecule has 2 aromatic heterocycles. The molecule has 4 heterocycles. The number of para-hydroxylation sites is 1. The number of amides is 1. The Kier molecular flexibility index (Phi) is 5.87. The lowest BCUT2D eigenvalue weighted by atomic mass is 9.85. The van der Waals surface area contributed by atoms with Crippen molar-refractivity contribution in [2.45, 2.75) is 44.9 Å². The van der Waals surface area contributed by atoms with Gasteiger partial charge in [-0.3, -0.25) is 14.4 Å². The molecule has 0 radical (unpaired) electrons. The molecule has 36 heavy (non-hydrogen) atoms. The van der Waals surface area contributed by atoms with E-state index in [1.54, 1.807) is 17.6 Å². The van der Waals surface area contributed by atoms with E-state index in [9.17, 15) is 24.0 Å². The molecule has 2 aliphatic heterocycles. The van der Waals surface area contributed by atoms with Gasteiger partial charge in [0.2, 0.25) is 11.5 Å². The van der Waals surface area contributed by atoms with Crippen molar-refractivity contribution in [2.75, 3.05) is 6.54 Å². The maximum absolute atomic E-state index is 13.5. The van der Waals surface area contributed by atoms with E-state index in [1.807, 2.05) is 30.3 Å². The van der Waals surface area contributed by atoms with Crippen LogP contribution in [0.3, 0.4) is 0 Å². The average molecular weight is 489 g/mol. The number of rotatable bonds is 7. The minimum absolute atomic E-state index is 0.0184. The second kappa shape index (κ2) is 9.03. The van der Waals surface area contributed by atoms with Crippen LogP contribution >= 0.6 is 0 Å². The lowest BCUT2D eigenvalue weighted by Crippen LogP contribution is -2.48. The van der Waals surface area contributed by atoms with Crippen LogP contribution in [0.4, 0.5) is 0 Å². The maximum Gasteiger partial charge on any atom is 0.355 e. The van der Waals surface area contributed by atoms with Gasteiger partial charge >= 0.3 is 11.9 Å². The second-order valence-corrected chi connectivity index (χ2v) is 8.71. The summed E-state index contributed by atoms with van der Waals surface area (Å²) in [6.45, 7) is 1.24. The van der Waals surface area contributed by atoms with Crippen LogP contribution in [0.1, 0.15) is 42.9 Å². The van der Waals surface area contributed by atoms with Crippen molar-refractivity contribution in [1.82, 2.24) is 14.9 Å². The molecule has 0 saturated carbocycles. The van der Waals surface area contributed by atoms with Crippen LogP contribution in [-0.2, 0) is 47.4 Å². The third kappa shape index (κ3) is 3.74. The Bertz CT molecular complexity index is 1490. The maximum atomic E-state index is 13.5. The molecule has 10 nitrogen and oxygen atoms in total. The summed E-state index contributed by atoms with van der Waals surface area (Å²) in [7, 11) is 0. The van der Waals surface area contributed by atoms with E-state index in [2.05, 4.69) is 5.32 Å². The molecule has 0 spiro atoms. The highest BCUT2D eigenvalue weighted by Gasteiger charge is 2.50. The molecular formula is C26H23N3O7. The molecule has 0 saturated heterocycles. The first-order chi connectivity index (χ1) is 17.4. The van der Waals surface area contributed by atoms with E-state index in [1.165, 1.54) is 0 Å². The van der Waals surface area contributed by atoms with Gasteiger partial charge in [-0.25, -0.2) is 9.78 Å². The van der Waals surface area contributed by atoms with Gasteiger partial charge in [-0.2, -0.15) is 0 Å². The molecule has 1 amide bonds. The number of nitrogens with one attached hydrogen (secondary N) is 1. The van der Waals surface area contributed by atoms with Gasteiger partial charge in [0.1, 0.15) is 19.4 Å². The number of carbonyl (C=O) groups excluding carboxylic acids is 4. The highest BCUT2D eigenvalue weighted by molar-refractivity contribution is 5.89. The van der Waals surface area contributed by atoms with Crippen molar-refractivity contribution in [3.63, 3.8) is 0 Å². The van der Waals surface area contributed by atoms with Crippen LogP contribution in [-0.4, -0.2) is 40.2 Å². The fraction of sp³-hybridized carbons (Fsp3) is 0.308. The monoisotopic (exact) mass is 489 g/mol. The number of benzene rings is 1. The number of esters is 2. The summed E-state index contributed by atoms with van der Waals surface area (Å²) in [6, 6.07) is 11.3. The number of hydrogen-bond acceptors (Lipinski definition) is 8. The van der Waals surface area contributed by atoms with Crippen molar-refractivity contribution < 1.29 is 28.7 Å². The Morgan fingerprint density at radius 3 is 2.83 bits per heavy atom. The normalized spacial score (nSPS) is 17.5. The number of pyridine rings is 2. The summed E-state index contributed by atoms with van der Waals surface area (Å²) in [6.07, 6.45) is 0.584. The quantitative estimate of drug-likeness (QED) is 0.306. The van der Waals surface area contributed by atoms with E-state index in [4.69, 9.17) is 14.5 Å². The molecule has 0 bridgehead atoms. The largest absolute Gasteiger partial charge is 0.457 e. The lowest BCUT2D eigenvalue weighted by Gasteiger charge is -2.35. The van der Waals surface area contributed by atoms with Gasteiger partial charge in [-0.05, 0) is 24.6 Å². The van der Waals surface area contributed by atoms with E-state index in [0.29, 0.717) is 24.2 Å². The summed E-state index contributed by atoms with van der Waals surface area (Å²) in [5.41, 5.74) is 1.13. The van der Waals surface area contributed by atoms with Crippen LogP contribution in [0.25, 0.3) is 22.3 Å². The zero-order valence-corrected chi connectivity index (χ0v) is 19.5. The molecule has 0 fully saturated rings. The van der Waals surface area contributed by atoms with Crippen molar-refractivity contribution in [3.05, 3.63) is 63.4 Å². The Hall–Kier alpha value is -4.34. The van der Waals surface area contributed by atoms with E-state index < -0.39 is 30.0 Å². The summed E-state index contributed by atoms with van der Waals surface area (Å²) < 4.78 is 12.5. The van der Waals surface area contributed by atoms with Crippen LogP contribution in [0.5, 0.6) is 0 Å². The Balaban J connectivity index is 1.54. The standard InChI is InChI=1S/C26H23N3O7/c1-2-26(36-22(32)12-27-21(31)8-5-9-30)18-11-20-23-16(10-15-6-3-4-7-19(15)28-23)13-29(20)24(33)17(18)14-35-25(26)34/h3-4,6-7,9-11H,2,5,8,12-14H2,1H3,(H,27,31)/t26-/m0/s1. The van der Waals surface area contributed by atoms with Crippen molar-refractivity contribution in [2.24, 2.45) is 0 Å². The zero-order valence-electron chi connectivity index (χ0n) is 19.5.